The Morgan fingerprint density at radius 2 is 2.04 bits per heavy atom. The van der Waals surface area contributed by atoms with E-state index in [2.05, 4.69) is 10.6 Å². The molecule has 3 N–H and O–H groups in total. The minimum atomic E-state index is -0.905. The van der Waals surface area contributed by atoms with E-state index in [1.165, 1.54) is 11.3 Å². The molecule has 0 spiro atoms. The highest BCUT2D eigenvalue weighted by Crippen LogP contribution is 2.38. The molecule has 0 amide bonds. The van der Waals surface area contributed by atoms with Gasteiger partial charge in [0.1, 0.15) is 5.00 Å². The van der Waals surface area contributed by atoms with Crippen molar-refractivity contribution in [2.24, 2.45) is 0 Å². The number of carboxylic acid groups (broad SMARTS) is 1. The molecule has 0 saturated heterocycles. The van der Waals surface area contributed by atoms with E-state index in [0.29, 0.717) is 20.7 Å². The number of hydrogen-bond acceptors (Lipinski definition) is 3. The maximum absolute atomic E-state index is 11.6. The van der Waals surface area contributed by atoms with Crippen LogP contribution in [0.5, 0.6) is 0 Å². The molecule has 1 aliphatic carbocycles. The van der Waals surface area contributed by atoms with Gasteiger partial charge >= 0.3 is 5.97 Å². The second kappa shape index (κ2) is 6.86. The van der Waals surface area contributed by atoms with Crippen molar-refractivity contribution < 1.29 is 9.90 Å². The number of carboxylic acids is 1. The first-order valence-corrected chi connectivity index (χ1v) is 8.86. The molecular formula is C16H15ClN2O2S2. The lowest BCUT2D eigenvalue weighted by Gasteiger charge is -2.11. The van der Waals surface area contributed by atoms with Gasteiger partial charge in [-0.15, -0.1) is 11.3 Å². The lowest BCUT2D eigenvalue weighted by atomic mass is 9.95. The van der Waals surface area contributed by atoms with Crippen molar-refractivity contribution >= 4 is 56.9 Å². The zero-order valence-corrected chi connectivity index (χ0v) is 14.6. The number of nitrogens with one attached hydrogen (secondary N) is 2. The number of thiophene rings is 1. The van der Waals surface area contributed by atoms with Crippen LogP contribution in [0.25, 0.3) is 0 Å². The maximum atomic E-state index is 11.6. The number of carbonyl (C=O) groups is 1. The van der Waals surface area contributed by atoms with E-state index in [0.717, 1.165) is 41.8 Å². The topological polar surface area (TPSA) is 61.4 Å². The molecule has 0 bridgehead atoms. The lowest BCUT2D eigenvalue weighted by Crippen LogP contribution is -2.20. The number of hydrogen-bond donors (Lipinski definition) is 3. The lowest BCUT2D eigenvalue weighted by molar-refractivity contribution is 0.0697. The molecule has 7 heteroatoms. The van der Waals surface area contributed by atoms with Crippen molar-refractivity contribution in [3.8, 4) is 0 Å². The number of thiocarbonyl (C=S) groups is 1. The van der Waals surface area contributed by atoms with Gasteiger partial charge in [-0.1, -0.05) is 17.7 Å². The third-order valence-corrected chi connectivity index (χ3v) is 5.34. The minimum Gasteiger partial charge on any atom is -0.478 e. The largest absolute Gasteiger partial charge is 0.478 e. The molecule has 0 aliphatic heterocycles. The number of fused-ring (bicyclic) bond motifs is 1. The summed E-state index contributed by atoms with van der Waals surface area (Å²) >= 11 is 12.7. The normalized spacial score (nSPS) is 13.3. The van der Waals surface area contributed by atoms with Gasteiger partial charge in [-0.3, -0.25) is 0 Å². The minimum absolute atomic E-state index is 0.355. The Morgan fingerprint density at radius 1 is 1.26 bits per heavy atom. The number of aromatic carboxylic acids is 1. The molecule has 1 aromatic heterocycles. The van der Waals surface area contributed by atoms with Crippen LogP contribution in [-0.4, -0.2) is 16.2 Å². The predicted molar refractivity (Wildman–Crippen MR) is 99.2 cm³/mol. The van der Waals surface area contributed by atoms with Crippen molar-refractivity contribution in [2.75, 3.05) is 10.6 Å². The van der Waals surface area contributed by atoms with E-state index in [-0.39, 0.29) is 0 Å². The molecule has 0 atom stereocenters. The van der Waals surface area contributed by atoms with Crippen LogP contribution in [0.2, 0.25) is 5.02 Å². The molecule has 0 radical (unpaired) electrons. The Balaban J connectivity index is 1.81. The van der Waals surface area contributed by atoms with Crippen LogP contribution in [0.15, 0.2) is 24.3 Å². The molecule has 1 heterocycles. The summed E-state index contributed by atoms with van der Waals surface area (Å²) in [5, 5.41) is 17.2. The zero-order chi connectivity index (χ0) is 16.4. The highest BCUT2D eigenvalue weighted by molar-refractivity contribution is 7.80. The first kappa shape index (κ1) is 16.2. The van der Waals surface area contributed by atoms with Gasteiger partial charge in [-0.2, -0.15) is 0 Å². The maximum Gasteiger partial charge on any atom is 0.339 e. The quantitative estimate of drug-likeness (QED) is 0.682. The highest BCUT2D eigenvalue weighted by Gasteiger charge is 2.25. The van der Waals surface area contributed by atoms with Crippen LogP contribution in [0.4, 0.5) is 10.7 Å². The van der Waals surface area contributed by atoms with E-state index in [4.69, 9.17) is 23.8 Å². The van der Waals surface area contributed by atoms with Gasteiger partial charge in [0.15, 0.2) is 5.11 Å². The Labute approximate surface area is 148 Å². The van der Waals surface area contributed by atoms with Crippen LogP contribution in [0, 0.1) is 0 Å². The molecule has 120 valence electrons. The first-order valence-electron chi connectivity index (χ1n) is 7.26. The molecule has 1 aliphatic rings. The van der Waals surface area contributed by atoms with Gasteiger partial charge in [-0.25, -0.2) is 4.79 Å². The summed E-state index contributed by atoms with van der Waals surface area (Å²) in [5.74, 6) is -0.905. The Morgan fingerprint density at radius 3 is 2.78 bits per heavy atom. The van der Waals surface area contributed by atoms with Crippen LogP contribution >= 0.6 is 35.2 Å². The van der Waals surface area contributed by atoms with E-state index in [9.17, 15) is 9.90 Å². The molecule has 4 nitrogen and oxygen atoms in total. The van der Waals surface area contributed by atoms with Gasteiger partial charge in [0, 0.05) is 15.6 Å². The number of benzene rings is 1. The highest BCUT2D eigenvalue weighted by atomic mass is 35.5. The fourth-order valence-electron chi connectivity index (χ4n) is 2.71. The monoisotopic (exact) mass is 366 g/mol. The second-order valence-corrected chi connectivity index (χ2v) is 7.26. The number of rotatable bonds is 3. The molecule has 1 aromatic carbocycles. The van der Waals surface area contributed by atoms with Gasteiger partial charge in [-0.05, 0) is 61.7 Å². The van der Waals surface area contributed by atoms with Crippen LogP contribution in [-0.2, 0) is 12.8 Å². The molecule has 0 saturated carbocycles. The van der Waals surface area contributed by atoms with Gasteiger partial charge in [0.25, 0.3) is 0 Å². The summed E-state index contributed by atoms with van der Waals surface area (Å²) in [6.45, 7) is 0. The molecule has 3 rings (SSSR count). The Hall–Kier alpha value is -1.63. The third kappa shape index (κ3) is 3.65. The summed E-state index contributed by atoms with van der Waals surface area (Å²) < 4.78 is 0. The standard InChI is InChI=1S/C16H15ClN2O2S2/c17-9-4-3-5-10(8-9)18-16(22)19-14-13(15(20)21)11-6-1-2-7-12(11)23-14/h3-5,8H,1-2,6-7H2,(H,20,21)(H2,18,19,22). The summed E-state index contributed by atoms with van der Waals surface area (Å²) in [6.07, 6.45) is 3.91. The van der Waals surface area contributed by atoms with Crippen LogP contribution < -0.4 is 10.6 Å². The zero-order valence-electron chi connectivity index (χ0n) is 12.2. The molecule has 23 heavy (non-hydrogen) atoms. The van der Waals surface area contributed by atoms with Crippen molar-refractivity contribution in [2.45, 2.75) is 25.7 Å². The summed E-state index contributed by atoms with van der Waals surface area (Å²) in [5.41, 5.74) is 2.08. The number of halogens is 1. The van der Waals surface area contributed by atoms with Crippen LogP contribution in [0.3, 0.4) is 0 Å². The van der Waals surface area contributed by atoms with Crippen molar-refractivity contribution in [3.63, 3.8) is 0 Å². The van der Waals surface area contributed by atoms with Gasteiger partial charge < -0.3 is 15.7 Å². The fourth-order valence-corrected chi connectivity index (χ4v) is 4.47. The average molecular weight is 367 g/mol. The molecule has 0 unspecified atom stereocenters. The average Bonchev–Trinajstić information content (AvgIpc) is 2.84. The predicted octanol–water partition coefficient (Wildman–Crippen LogP) is 4.79. The van der Waals surface area contributed by atoms with E-state index in [1.54, 1.807) is 12.1 Å². The smallest absolute Gasteiger partial charge is 0.339 e. The summed E-state index contributed by atoms with van der Waals surface area (Å²) in [6, 6.07) is 7.20. The number of aryl methyl sites for hydroxylation is 1. The van der Waals surface area contributed by atoms with Crippen molar-refractivity contribution in [3.05, 3.63) is 45.3 Å². The molecule has 0 fully saturated rings. The molecule has 2 aromatic rings. The third-order valence-electron chi connectivity index (χ3n) is 3.69. The first-order chi connectivity index (χ1) is 11.0. The van der Waals surface area contributed by atoms with Crippen molar-refractivity contribution in [1.29, 1.82) is 0 Å². The van der Waals surface area contributed by atoms with Gasteiger partial charge in [0.05, 0.1) is 5.56 Å². The summed E-state index contributed by atoms with van der Waals surface area (Å²) in [7, 11) is 0. The Bertz CT molecular complexity index is 773. The molecular weight excluding hydrogens is 352 g/mol. The second-order valence-electron chi connectivity index (χ2n) is 5.31. The van der Waals surface area contributed by atoms with Crippen LogP contribution in [0.1, 0.15) is 33.6 Å². The van der Waals surface area contributed by atoms with E-state index < -0.39 is 5.97 Å². The fraction of sp³-hybridized carbons (Fsp3) is 0.250. The van der Waals surface area contributed by atoms with E-state index >= 15 is 0 Å². The SMILES string of the molecule is O=C(O)c1c(NC(=S)Nc2cccc(Cl)c2)sc2c1CCCC2. The Kier molecular flexibility index (Phi) is 4.84. The summed E-state index contributed by atoms with van der Waals surface area (Å²) in [4.78, 5) is 12.8. The van der Waals surface area contributed by atoms with E-state index in [1.807, 2.05) is 12.1 Å². The van der Waals surface area contributed by atoms with Crippen molar-refractivity contribution in [1.82, 2.24) is 0 Å². The number of anilines is 2. The van der Waals surface area contributed by atoms with Gasteiger partial charge in [0.2, 0.25) is 0 Å².